The van der Waals surface area contributed by atoms with E-state index in [4.69, 9.17) is 9.84 Å². The Morgan fingerprint density at radius 2 is 1.84 bits per heavy atom. The van der Waals surface area contributed by atoms with E-state index >= 15 is 0 Å². The molecule has 0 aromatic heterocycles. The normalized spacial score (nSPS) is 10.2. The van der Waals surface area contributed by atoms with Gasteiger partial charge in [-0.3, -0.25) is 4.79 Å². The number of halogens is 1. The molecular formula is C14H11FO4. The summed E-state index contributed by atoms with van der Waals surface area (Å²) in [6.45, 7) is -0.356. The number of aromatic hydroxyl groups is 2. The van der Waals surface area contributed by atoms with Gasteiger partial charge in [-0.1, -0.05) is 12.1 Å². The van der Waals surface area contributed by atoms with Gasteiger partial charge in [0.15, 0.2) is 35.5 Å². The number of rotatable bonds is 4. The van der Waals surface area contributed by atoms with Crippen molar-refractivity contribution in [3.05, 3.63) is 53.8 Å². The van der Waals surface area contributed by atoms with Crippen molar-refractivity contribution >= 4 is 5.78 Å². The van der Waals surface area contributed by atoms with Crippen LogP contribution >= 0.6 is 0 Å². The summed E-state index contributed by atoms with van der Waals surface area (Å²) in [5.74, 6) is -1.70. The number of ketones is 1. The summed E-state index contributed by atoms with van der Waals surface area (Å²) in [5.41, 5.74) is 0.173. The summed E-state index contributed by atoms with van der Waals surface area (Å²) in [6, 6.07) is 9.43. The molecule has 0 heterocycles. The van der Waals surface area contributed by atoms with Crippen molar-refractivity contribution in [3.8, 4) is 17.2 Å². The highest BCUT2D eigenvalue weighted by molar-refractivity contribution is 5.97. The molecule has 2 rings (SSSR count). The van der Waals surface area contributed by atoms with Gasteiger partial charge in [0.1, 0.15) is 0 Å². The number of carbonyl (C=O) groups is 1. The van der Waals surface area contributed by atoms with Crippen LogP contribution in [0.5, 0.6) is 17.2 Å². The number of benzene rings is 2. The fraction of sp³-hybridized carbons (Fsp3) is 0.0714. The van der Waals surface area contributed by atoms with Gasteiger partial charge in [0.25, 0.3) is 0 Å². The summed E-state index contributed by atoms with van der Waals surface area (Å²) in [6.07, 6.45) is 0. The Morgan fingerprint density at radius 1 is 1.11 bits per heavy atom. The van der Waals surface area contributed by atoms with Crippen molar-refractivity contribution in [2.75, 3.05) is 6.61 Å². The topological polar surface area (TPSA) is 66.8 Å². The molecule has 19 heavy (non-hydrogen) atoms. The van der Waals surface area contributed by atoms with Gasteiger partial charge in [0.2, 0.25) is 0 Å². The van der Waals surface area contributed by atoms with Gasteiger partial charge in [-0.25, -0.2) is 4.39 Å². The van der Waals surface area contributed by atoms with E-state index in [9.17, 15) is 14.3 Å². The molecule has 0 radical (unpaired) electrons. The molecule has 0 atom stereocenters. The molecular weight excluding hydrogens is 251 g/mol. The van der Waals surface area contributed by atoms with E-state index in [2.05, 4.69) is 0 Å². The average Bonchev–Trinajstić information content (AvgIpc) is 2.40. The smallest absolute Gasteiger partial charge is 0.200 e. The predicted octanol–water partition coefficient (Wildman–Crippen LogP) is 2.50. The standard InChI is InChI=1S/C14H11FO4/c15-10-3-1-2-4-14(10)19-8-13(18)9-5-6-11(16)12(17)7-9/h1-7,16-17H,8H2. The number of para-hydroxylation sites is 1. The zero-order chi connectivity index (χ0) is 13.8. The molecule has 0 aliphatic carbocycles. The zero-order valence-electron chi connectivity index (χ0n) is 9.84. The molecule has 2 aromatic carbocycles. The minimum Gasteiger partial charge on any atom is -0.504 e. The summed E-state index contributed by atoms with van der Waals surface area (Å²) in [5, 5.41) is 18.4. The van der Waals surface area contributed by atoms with Gasteiger partial charge in [-0.05, 0) is 30.3 Å². The van der Waals surface area contributed by atoms with Gasteiger partial charge in [0.05, 0.1) is 0 Å². The van der Waals surface area contributed by atoms with Crippen LogP contribution in [0.25, 0.3) is 0 Å². The summed E-state index contributed by atoms with van der Waals surface area (Å²) in [4.78, 5) is 11.8. The van der Waals surface area contributed by atoms with E-state index in [1.54, 1.807) is 6.07 Å². The summed E-state index contributed by atoms with van der Waals surface area (Å²) < 4.78 is 18.3. The van der Waals surface area contributed by atoms with E-state index in [1.165, 1.54) is 30.3 Å². The first-order valence-electron chi connectivity index (χ1n) is 5.50. The third kappa shape index (κ3) is 3.01. The van der Waals surface area contributed by atoms with Gasteiger partial charge in [-0.15, -0.1) is 0 Å². The van der Waals surface area contributed by atoms with Crippen LogP contribution in [-0.2, 0) is 0 Å². The van der Waals surface area contributed by atoms with Crippen LogP contribution in [0.15, 0.2) is 42.5 Å². The largest absolute Gasteiger partial charge is 0.504 e. The van der Waals surface area contributed by atoms with Gasteiger partial charge < -0.3 is 14.9 Å². The Bertz CT molecular complexity index is 610. The molecule has 0 saturated heterocycles. The molecule has 98 valence electrons. The summed E-state index contributed by atoms with van der Waals surface area (Å²) >= 11 is 0. The lowest BCUT2D eigenvalue weighted by molar-refractivity contribution is 0.0918. The van der Waals surface area contributed by atoms with Crippen LogP contribution < -0.4 is 4.74 Å². The second kappa shape index (κ2) is 5.39. The highest BCUT2D eigenvalue weighted by Crippen LogP contribution is 2.25. The number of hydrogen-bond acceptors (Lipinski definition) is 4. The molecule has 0 aliphatic rings. The third-order valence-corrected chi connectivity index (χ3v) is 2.49. The Morgan fingerprint density at radius 3 is 2.53 bits per heavy atom. The second-order valence-electron chi connectivity index (χ2n) is 3.85. The Labute approximate surface area is 108 Å². The number of carbonyl (C=O) groups excluding carboxylic acids is 1. The first-order chi connectivity index (χ1) is 9.08. The minimum absolute atomic E-state index is 0.0150. The maximum Gasteiger partial charge on any atom is 0.200 e. The SMILES string of the molecule is O=C(COc1ccccc1F)c1ccc(O)c(O)c1. The summed E-state index contributed by atoms with van der Waals surface area (Å²) in [7, 11) is 0. The van der Waals surface area contributed by atoms with Crippen molar-refractivity contribution in [1.82, 2.24) is 0 Å². The van der Waals surface area contributed by atoms with Gasteiger partial charge in [-0.2, -0.15) is 0 Å². The predicted molar refractivity (Wildman–Crippen MR) is 66.0 cm³/mol. The Kier molecular flexibility index (Phi) is 3.66. The third-order valence-electron chi connectivity index (χ3n) is 2.49. The molecule has 4 nitrogen and oxygen atoms in total. The van der Waals surface area contributed by atoms with Gasteiger partial charge >= 0.3 is 0 Å². The Hall–Kier alpha value is -2.56. The maximum absolute atomic E-state index is 13.3. The van der Waals surface area contributed by atoms with Crippen molar-refractivity contribution in [2.45, 2.75) is 0 Å². The number of Topliss-reactive ketones (excluding diaryl/α,β-unsaturated/α-hetero) is 1. The first-order valence-corrected chi connectivity index (χ1v) is 5.50. The minimum atomic E-state index is -0.552. The lowest BCUT2D eigenvalue weighted by Crippen LogP contribution is -2.12. The van der Waals surface area contributed by atoms with Crippen LogP contribution in [0.3, 0.4) is 0 Å². The molecule has 5 heteroatoms. The van der Waals surface area contributed by atoms with E-state index in [-0.39, 0.29) is 23.7 Å². The van der Waals surface area contributed by atoms with Crippen molar-refractivity contribution in [2.24, 2.45) is 0 Å². The molecule has 2 N–H and O–H groups in total. The van der Waals surface area contributed by atoms with Crippen LogP contribution in [0.2, 0.25) is 0 Å². The maximum atomic E-state index is 13.3. The highest BCUT2D eigenvalue weighted by atomic mass is 19.1. The Balaban J connectivity index is 2.05. The molecule has 0 spiro atoms. The van der Waals surface area contributed by atoms with E-state index in [0.717, 1.165) is 6.07 Å². The fourth-order valence-corrected chi connectivity index (χ4v) is 1.49. The monoisotopic (exact) mass is 262 g/mol. The highest BCUT2D eigenvalue weighted by Gasteiger charge is 2.11. The molecule has 0 bridgehead atoms. The number of ether oxygens (including phenoxy) is 1. The average molecular weight is 262 g/mol. The molecule has 0 amide bonds. The number of phenols is 2. The lowest BCUT2D eigenvalue weighted by Gasteiger charge is -2.07. The van der Waals surface area contributed by atoms with Crippen LogP contribution in [0.1, 0.15) is 10.4 Å². The van der Waals surface area contributed by atoms with Crippen LogP contribution in [-0.4, -0.2) is 22.6 Å². The number of phenolic OH excluding ortho intramolecular Hbond substituents is 2. The van der Waals surface area contributed by atoms with Crippen molar-refractivity contribution in [3.63, 3.8) is 0 Å². The second-order valence-corrected chi connectivity index (χ2v) is 3.85. The molecule has 2 aromatic rings. The van der Waals surface area contributed by atoms with E-state index in [1.807, 2.05) is 0 Å². The lowest BCUT2D eigenvalue weighted by atomic mass is 10.1. The molecule has 0 fully saturated rings. The zero-order valence-corrected chi connectivity index (χ0v) is 9.84. The molecule has 0 unspecified atom stereocenters. The first kappa shape index (κ1) is 12.9. The molecule has 0 saturated carbocycles. The fourth-order valence-electron chi connectivity index (χ4n) is 1.49. The van der Waals surface area contributed by atoms with E-state index < -0.39 is 17.3 Å². The van der Waals surface area contributed by atoms with Crippen molar-refractivity contribution in [1.29, 1.82) is 0 Å². The van der Waals surface area contributed by atoms with Crippen molar-refractivity contribution < 1.29 is 24.1 Å². The van der Waals surface area contributed by atoms with Crippen LogP contribution in [0.4, 0.5) is 4.39 Å². The molecule has 0 aliphatic heterocycles. The van der Waals surface area contributed by atoms with E-state index in [0.29, 0.717) is 0 Å². The van der Waals surface area contributed by atoms with Crippen LogP contribution in [0, 0.1) is 5.82 Å². The number of hydrogen-bond donors (Lipinski definition) is 2. The quantitative estimate of drug-likeness (QED) is 0.656. The van der Waals surface area contributed by atoms with Gasteiger partial charge in [0, 0.05) is 5.56 Å².